The molecule has 0 aliphatic rings. The summed E-state index contributed by atoms with van der Waals surface area (Å²) in [5.74, 6) is 5.07. The van der Waals surface area contributed by atoms with E-state index >= 15 is 0 Å². The van der Waals surface area contributed by atoms with Crippen LogP contribution in [0.5, 0.6) is 0 Å². The number of anilines is 2. The minimum Gasteiger partial charge on any atom is -0.323 e. The number of rotatable bonds is 3. The molecule has 1 amide bonds. The summed E-state index contributed by atoms with van der Waals surface area (Å²) in [5.41, 5.74) is 4.18. The molecular formula is C10H10N4OS. The van der Waals surface area contributed by atoms with E-state index < -0.39 is 0 Å². The second-order valence-corrected chi connectivity index (χ2v) is 3.81. The van der Waals surface area contributed by atoms with E-state index in [1.54, 1.807) is 12.3 Å². The fraction of sp³-hybridized carbons (Fsp3) is 0. The molecule has 0 aromatic carbocycles. The number of hydrogen-bond acceptors (Lipinski definition) is 5. The van der Waals surface area contributed by atoms with E-state index in [2.05, 4.69) is 15.7 Å². The van der Waals surface area contributed by atoms with Crippen LogP contribution in [0, 0.1) is 0 Å². The minimum atomic E-state index is -0.237. The van der Waals surface area contributed by atoms with Gasteiger partial charge >= 0.3 is 0 Å². The normalized spacial score (nSPS) is 9.81. The molecule has 0 spiro atoms. The predicted molar refractivity (Wildman–Crippen MR) is 64.3 cm³/mol. The maximum Gasteiger partial charge on any atom is 0.259 e. The largest absolute Gasteiger partial charge is 0.323 e. The average Bonchev–Trinajstić information content (AvgIpc) is 2.81. The molecule has 2 rings (SSSR count). The maximum atomic E-state index is 11.8. The van der Waals surface area contributed by atoms with Crippen LogP contribution in [0.4, 0.5) is 11.4 Å². The topological polar surface area (TPSA) is 80.0 Å². The van der Waals surface area contributed by atoms with Gasteiger partial charge in [0.25, 0.3) is 5.91 Å². The number of thiophene rings is 1. The fourth-order valence-corrected chi connectivity index (χ4v) is 1.82. The molecule has 0 saturated carbocycles. The van der Waals surface area contributed by atoms with Crippen molar-refractivity contribution in [1.29, 1.82) is 0 Å². The first-order chi connectivity index (χ1) is 7.81. The molecule has 6 heteroatoms. The van der Waals surface area contributed by atoms with Crippen LogP contribution in [0.2, 0.25) is 0 Å². The Morgan fingerprint density at radius 2 is 2.31 bits per heavy atom. The van der Waals surface area contributed by atoms with Crippen molar-refractivity contribution < 1.29 is 4.79 Å². The van der Waals surface area contributed by atoms with Crippen molar-refractivity contribution in [1.82, 2.24) is 4.98 Å². The van der Waals surface area contributed by atoms with Gasteiger partial charge in [-0.15, -0.1) is 0 Å². The highest BCUT2D eigenvalue weighted by Gasteiger charge is 2.10. The van der Waals surface area contributed by atoms with E-state index in [4.69, 9.17) is 5.84 Å². The van der Waals surface area contributed by atoms with Crippen LogP contribution in [0.1, 0.15) is 10.4 Å². The minimum absolute atomic E-state index is 0.237. The number of nitrogen functional groups attached to an aromatic ring is 1. The number of nitrogens with zero attached hydrogens (tertiary/aromatic N) is 1. The highest BCUT2D eigenvalue weighted by molar-refractivity contribution is 7.08. The zero-order valence-corrected chi connectivity index (χ0v) is 9.12. The molecule has 16 heavy (non-hydrogen) atoms. The molecule has 0 unspecified atom stereocenters. The summed E-state index contributed by atoms with van der Waals surface area (Å²) in [6.45, 7) is 0. The van der Waals surface area contributed by atoms with E-state index in [0.717, 1.165) is 5.69 Å². The van der Waals surface area contributed by atoms with Crippen LogP contribution < -0.4 is 16.6 Å². The summed E-state index contributed by atoms with van der Waals surface area (Å²) >= 11 is 1.52. The first-order valence-electron chi connectivity index (χ1n) is 4.55. The van der Waals surface area contributed by atoms with Gasteiger partial charge in [-0.25, -0.2) is 0 Å². The third-order valence-electron chi connectivity index (χ3n) is 2.00. The summed E-state index contributed by atoms with van der Waals surface area (Å²) in [4.78, 5) is 15.7. The lowest BCUT2D eigenvalue weighted by Gasteiger charge is -2.07. The van der Waals surface area contributed by atoms with E-state index in [0.29, 0.717) is 11.3 Å². The van der Waals surface area contributed by atoms with Crippen LogP contribution >= 0.6 is 11.3 Å². The number of hydrogen-bond donors (Lipinski definition) is 3. The smallest absolute Gasteiger partial charge is 0.259 e. The third kappa shape index (κ3) is 2.18. The Hall–Kier alpha value is -1.92. The Morgan fingerprint density at radius 3 is 3.00 bits per heavy atom. The van der Waals surface area contributed by atoms with Crippen LogP contribution in [0.3, 0.4) is 0 Å². The van der Waals surface area contributed by atoms with Gasteiger partial charge in [0.1, 0.15) is 0 Å². The van der Waals surface area contributed by atoms with Crippen molar-refractivity contribution in [2.45, 2.75) is 0 Å². The summed E-state index contributed by atoms with van der Waals surface area (Å²) < 4.78 is 0. The van der Waals surface area contributed by atoms with Crippen molar-refractivity contribution in [2.75, 3.05) is 10.7 Å². The molecule has 0 radical (unpaired) electrons. The lowest BCUT2D eigenvalue weighted by Crippen LogP contribution is -2.17. The Balaban J connectivity index is 2.21. The molecule has 2 heterocycles. The highest BCUT2D eigenvalue weighted by Crippen LogP contribution is 2.16. The molecule has 0 aliphatic carbocycles. The molecule has 0 saturated heterocycles. The first-order valence-corrected chi connectivity index (χ1v) is 5.49. The zero-order chi connectivity index (χ0) is 11.4. The molecule has 0 fully saturated rings. The van der Waals surface area contributed by atoms with Gasteiger partial charge in [-0.1, -0.05) is 0 Å². The molecule has 2 aromatic rings. The molecule has 2 aromatic heterocycles. The van der Waals surface area contributed by atoms with Crippen LogP contribution in [0.25, 0.3) is 0 Å². The van der Waals surface area contributed by atoms with Gasteiger partial charge in [0.15, 0.2) is 0 Å². The van der Waals surface area contributed by atoms with Gasteiger partial charge < -0.3 is 10.7 Å². The molecule has 0 aliphatic heterocycles. The molecule has 0 atom stereocenters. The number of carbonyl (C=O) groups is 1. The monoisotopic (exact) mass is 234 g/mol. The number of aromatic nitrogens is 1. The van der Waals surface area contributed by atoms with Crippen molar-refractivity contribution in [3.05, 3.63) is 40.8 Å². The van der Waals surface area contributed by atoms with E-state index in [9.17, 15) is 4.79 Å². The second-order valence-electron chi connectivity index (χ2n) is 3.03. The van der Waals surface area contributed by atoms with Gasteiger partial charge in [0, 0.05) is 17.8 Å². The summed E-state index contributed by atoms with van der Waals surface area (Å²) in [6.07, 6.45) is 3.04. The fourth-order valence-electron chi connectivity index (χ4n) is 1.24. The van der Waals surface area contributed by atoms with Crippen molar-refractivity contribution in [2.24, 2.45) is 5.84 Å². The van der Waals surface area contributed by atoms with Gasteiger partial charge in [-0.2, -0.15) is 11.3 Å². The van der Waals surface area contributed by atoms with Crippen molar-refractivity contribution >= 4 is 28.6 Å². The van der Waals surface area contributed by atoms with Crippen molar-refractivity contribution in [3.8, 4) is 0 Å². The third-order valence-corrected chi connectivity index (χ3v) is 2.68. The maximum absolute atomic E-state index is 11.8. The SMILES string of the molecule is NNc1ccncc1C(=O)Nc1ccsc1. The molecule has 82 valence electrons. The van der Waals surface area contributed by atoms with Gasteiger partial charge in [-0.05, 0) is 17.5 Å². The zero-order valence-electron chi connectivity index (χ0n) is 8.31. The van der Waals surface area contributed by atoms with E-state index in [1.807, 2.05) is 16.8 Å². The second kappa shape index (κ2) is 4.73. The number of pyridine rings is 1. The number of carbonyl (C=O) groups excluding carboxylic acids is 1. The summed E-state index contributed by atoms with van der Waals surface area (Å²) in [6, 6.07) is 3.47. The molecule has 4 N–H and O–H groups in total. The van der Waals surface area contributed by atoms with Gasteiger partial charge in [0.2, 0.25) is 0 Å². The number of hydrazine groups is 1. The lowest BCUT2D eigenvalue weighted by atomic mass is 10.2. The predicted octanol–water partition coefficient (Wildman–Crippen LogP) is 1.68. The number of nitrogens with two attached hydrogens (primary N) is 1. The molecule has 5 nitrogen and oxygen atoms in total. The molecule has 0 bridgehead atoms. The Labute approximate surface area is 96.3 Å². The Kier molecular flexibility index (Phi) is 3.13. The van der Waals surface area contributed by atoms with Gasteiger partial charge in [0.05, 0.1) is 16.9 Å². The lowest BCUT2D eigenvalue weighted by molar-refractivity contribution is 0.102. The van der Waals surface area contributed by atoms with Crippen LogP contribution in [-0.2, 0) is 0 Å². The van der Waals surface area contributed by atoms with Crippen molar-refractivity contribution in [3.63, 3.8) is 0 Å². The standard InChI is InChI=1S/C10H10N4OS/c11-14-9-1-3-12-5-8(9)10(15)13-7-2-4-16-6-7/h1-6H,11H2,(H,12,14)(H,13,15). The van der Waals surface area contributed by atoms with E-state index in [-0.39, 0.29) is 5.91 Å². The first kappa shape index (κ1) is 10.6. The average molecular weight is 234 g/mol. The Bertz CT molecular complexity index is 483. The summed E-state index contributed by atoms with van der Waals surface area (Å²) in [7, 11) is 0. The summed E-state index contributed by atoms with van der Waals surface area (Å²) in [5, 5.41) is 6.49. The Morgan fingerprint density at radius 1 is 1.44 bits per heavy atom. The van der Waals surface area contributed by atoms with Crippen LogP contribution in [0.15, 0.2) is 35.3 Å². The van der Waals surface area contributed by atoms with Gasteiger partial charge in [-0.3, -0.25) is 15.6 Å². The number of nitrogens with one attached hydrogen (secondary N) is 2. The number of amides is 1. The quantitative estimate of drug-likeness (QED) is 0.557. The molecular weight excluding hydrogens is 224 g/mol. The van der Waals surface area contributed by atoms with E-state index in [1.165, 1.54) is 17.5 Å². The van der Waals surface area contributed by atoms with Crippen LogP contribution in [-0.4, -0.2) is 10.9 Å². The highest BCUT2D eigenvalue weighted by atomic mass is 32.1.